The Labute approximate surface area is 137 Å². The molecule has 0 spiro atoms. The minimum absolute atomic E-state index is 0.00802. The highest BCUT2D eigenvalue weighted by Gasteiger charge is 2.48. The van der Waals surface area contributed by atoms with Gasteiger partial charge in [-0.1, -0.05) is 53.5 Å². The molecule has 110 valence electrons. The van der Waals surface area contributed by atoms with Crippen LogP contribution in [0.1, 0.15) is 11.6 Å². The molecule has 4 rings (SSSR count). The zero-order chi connectivity index (χ0) is 15.3. The normalized spacial score (nSPS) is 21.2. The maximum absolute atomic E-state index is 12.4. The number of alkyl halides is 1. The number of Topliss-reactive ketones (excluding diaryl/α,β-unsaturated/α-hetero) is 1. The van der Waals surface area contributed by atoms with E-state index >= 15 is 0 Å². The molecule has 22 heavy (non-hydrogen) atoms. The third-order valence-corrected chi connectivity index (χ3v) is 4.82. The van der Waals surface area contributed by atoms with Gasteiger partial charge in [0.05, 0.1) is 10.7 Å². The SMILES string of the molecule is O=C1[C@H](c2c[nH]c3ccccc23)N(c2ccccc2Cl)[C@H]1Cl. The van der Waals surface area contributed by atoms with Crippen LogP contribution in [-0.4, -0.2) is 16.3 Å². The number of para-hydroxylation sites is 2. The lowest BCUT2D eigenvalue weighted by atomic mass is 9.91. The molecule has 1 aromatic heterocycles. The highest BCUT2D eigenvalue weighted by molar-refractivity contribution is 6.39. The van der Waals surface area contributed by atoms with E-state index < -0.39 is 11.5 Å². The van der Waals surface area contributed by atoms with Crippen molar-refractivity contribution in [2.75, 3.05) is 4.90 Å². The molecule has 1 aliphatic rings. The van der Waals surface area contributed by atoms with Crippen molar-refractivity contribution in [2.24, 2.45) is 0 Å². The molecule has 1 aliphatic heterocycles. The largest absolute Gasteiger partial charge is 0.361 e. The van der Waals surface area contributed by atoms with Crippen LogP contribution < -0.4 is 4.90 Å². The topological polar surface area (TPSA) is 36.1 Å². The summed E-state index contributed by atoms with van der Waals surface area (Å²) in [5.74, 6) is -0.00802. The third kappa shape index (κ3) is 1.86. The molecule has 0 bridgehead atoms. The van der Waals surface area contributed by atoms with Gasteiger partial charge in [-0.25, -0.2) is 0 Å². The molecule has 0 aliphatic carbocycles. The van der Waals surface area contributed by atoms with Crippen molar-refractivity contribution in [3.63, 3.8) is 0 Å². The minimum atomic E-state index is -0.682. The van der Waals surface area contributed by atoms with Gasteiger partial charge in [0.2, 0.25) is 0 Å². The Balaban J connectivity index is 1.83. The van der Waals surface area contributed by atoms with Crippen molar-refractivity contribution >= 4 is 45.6 Å². The van der Waals surface area contributed by atoms with Gasteiger partial charge in [0, 0.05) is 22.7 Å². The second-order valence-electron chi connectivity index (χ2n) is 5.29. The Hall–Kier alpha value is -1.97. The van der Waals surface area contributed by atoms with E-state index in [4.69, 9.17) is 23.2 Å². The van der Waals surface area contributed by atoms with Crippen LogP contribution >= 0.6 is 23.2 Å². The Morgan fingerprint density at radius 2 is 1.77 bits per heavy atom. The first kappa shape index (κ1) is 13.7. The number of hydrogen-bond acceptors (Lipinski definition) is 2. The van der Waals surface area contributed by atoms with Crippen molar-refractivity contribution in [2.45, 2.75) is 11.5 Å². The monoisotopic (exact) mass is 330 g/mol. The van der Waals surface area contributed by atoms with Crippen LogP contribution in [-0.2, 0) is 4.79 Å². The summed E-state index contributed by atoms with van der Waals surface area (Å²) in [6.07, 6.45) is 1.87. The molecule has 1 N–H and O–H groups in total. The van der Waals surface area contributed by atoms with E-state index in [-0.39, 0.29) is 5.78 Å². The van der Waals surface area contributed by atoms with E-state index in [1.54, 1.807) is 6.07 Å². The third-order valence-electron chi connectivity index (χ3n) is 4.07. The molecule has 0 unspecified atom stereocenters. The number of nitrogens with zero attached hydrogens (tertiary/aromatic N) is 1. The molecule has 2 atom stereocenters. The van der Waals surface area contributed by atoms with Gasteiger partial charge in [-0.2, -0.15) is 0 Å². The number of H-pyrrole nitrogens is 1. The van der Waals surface area contributed by atoms with Crippen LogP contribution in [0.5, 0.6) is 0 Å². The van der Waals surface area contributed by atoms with Gasteiger partial charge >= 0.3 is 0 Å². The second kappa shape index (κ2) is 5.04. The van der Waals surface area contributed by atoms with Gasteiger partial charge in [-0.05, 0) is 18.2 Å². The fourth-order valence-corrected chi connectivity index (χ4v) is 3.57. The lowest BCUT2D eigenvalue weighted by molar-refractivity contribution is -0.124. The minimum Gasteiger partial charge on any atom is -0.361 e. The predicted molar refractivity (Wildman–Crippen MR) is 89.6 cm³/mol. The van der Waals surface area contributed by atoms with E-state index in [9.17, 15) is 4.79 Å². The van der Waals surface area contributed by atoms with Crippen LogP contribution in [0.2, 0.25) is 5.02 Å². The highest BCUT2D eigenvalue weighted by atomic mass is 35.5. The van der Waals surface area contributed by atoms with E-state index in [2.05, 4.69) is 4.98 Å². The molecular weight excluding hydrogens is 319 g/mol. The Morgan fingerprint density at radius 1 is 1.05 bits per heavy atom. The summed E-state index contributed by atoms with van der Waals surface area (Å²) in [4.78, 5) is 17.4. The number of carbonyl (C=O) groups is 1. The number of aromatic nitrogens is 1. The number of hydrogen-bond donors (Lipinski definition) is 1. The smallest absolute Gasteiger partial charge is 0.197 e. The fraction of sp³-hybridized carbons (Fsp3) is 0.118. The first-order valence-corrected chi connectivity index (χ1v) is 7.76. The van der Waals surface area contributed by atoms with Gasteiger partial charge < -0.3 is 9.88 Å². The van der Waals surface area contributed by atoms with Crippen molar-refractivity contribution in [1.82, 2.24) is 4.98 Å². The van der Waals surface area contributed by atoms with Crippen LogP contribution in [0.15, 0.2) is 54.7 Å². The lowest BCUT2D eigenvalue weighted by Gasteiger charge is -2.45. The number of ketones is 1. The van der Waals surface area contributed by atoms with E-state index in [1.807, 2.05) is 53.6 Å². The first-order chi connectivity index (χ1) is 10.7. The molecule has 0 saturated carbocycles. The number of halogens is 2. The first-order valence-electron chi connectivity index (χ1n) is 6.95. The summed E-state index contributed by atoms with van der Waals surface area (Å²) < 4.78 is 0. The highest BCUT2D eigenvalue weighted by Crippen LogP contribution is 2.45. The van der Waals surface area contributed by atoms with E-state index in [0.29, 0.717) is 5.02 Å². The average Bonchev–Trinajstić information content (AvgIpc) is 2.96. The number of carbonyl (C=O) groups excluding carboxylic acids is 1. The molecule has 3 nitrogen and oxygen atoms in total. The van der Waals surface area contributed by atoms with Gasteiger partial charge in [0.1, 0.15) is 6.04 Å². The molecule has 5 heteroatoms. The Kier molecular flexibility index (Phi) is 3.13. The number of nitrogens with one attached hydrogen (secondary N) is 1. The molecule has 2 aromatic carbocycles. The number of fused-ring (bicyclic) bond motifs is 1. The summed E-state index contributed by atoms with van der Waals surface area (Å²) in [7, 11) is 0. The standard InChI is InChI=1S/C17H12Cl2N2O/c18-12-6-2-4-8-14(12)21-15(16(22)17(21)19)11-9-20-13-7-3-1-5-10(11)13/h1-9,15,17,20H/t15-,17+/m0/s1. The Morgan fingerprint density at radius 3 is 2.59 bits per heavy atom. The summed E-state index contributed by atoms with van der Waals surface area (Å²) in [5, 5.41) is 1.62. The van der Waals surface area contributed by atoms with Crippen LogP contribution in [0.25, 0.3) is 10.9 Å². The molecular formula is C17H12Cl2N2O. The lowest BCUT2D eigenvalue weighted by Crippen LogP contribution is -2.56. The van der Waals surface area contributed by atoms with Crippen molar-refractivity contribution < 1.29 is 4.79 Å². The van der Waals surface area contributed by atoms with E-state index in [1.165, 1.54) is 0 Å². The molecule has 1 fully saturated rings. The van der Waals surface area contributed by atoms with Crippen molar-refractivity contribution in [3.8, 4) is 0 Å². The average molecular weight is 331 g/mol. The van der Waals surface area contributed by atoms with Crippen molar-refractivity contribution in [1.29, 1.82) is 0 Å². The fourth-order valence-electron chi connectivity index (χ4n) is 3.00. The van der Waals surface area contributed by atoms with Crippen LogP contribution in [0.4, 0.5) is 5.69 Å². The van der Waals surface area contributed by atoms with Crippen LogP contribution in [0.3, 0.4) is 0 Å². The number of rotatable bonds is 2. The maximum atomic E-state index is 12.4. The quantitative estimate of drug-likeness (QED) is 0.554. The molecule has 0 radical (unpaired) electrons. The zero-order valence-electron chi connectivity index (χ0n) is 11.5. The predicted octanol–water partition coefficient (Wildman–Crippen LogP) is 4.52. The van der Waals surface area contributed by atoms with Gasteiger partial charge in [-0.15, -0.1) is 0 Å². The molecule has 1 saturated heterocycles. The zero-order valence-corrected chi connectivity index (χ0v) is 13.0. The molecule has 3 aromatic rings. The number of aromatic amines is 1. The second-order valence-corrected chi connectivity index (χ2v) is 6.11. The number of benzene rings is 2. The number of anilines is 1. The van der Waals surface area contributed by atoms with E-state index in [0.717, 1.165) is 22.2 Å². The maximum Gasteiger partial charge on any atom is 0.197 e. The Bertz CT molecular complexity index is 874. The van der Waals surface area contributed by atoms with Gasteiger partial charge in [0.15, 0.2) is 11.3 Å². The summed E-state index contributed by atoms with van der Waals surface area (Å²) >= 11 is 12.5. The summed E-state index contributed by atoms with van der Waals surface area (Å²) in [5.41, 5.74) is 2.03. The molecule has 2 heterocycles. The van der Waals surface area contributed by atoms with Gasteiger partial charge in [-0.3, -0.25) is 4.79 Å². The summed E-state index contributed by atoms with van der Waals surface area (Å²) in [6.45, 7) is 0. The van der Waals surface area contributed by atoms with Gasteiger partial charge in [0.25, 0.3) is 0 Å². The van der Waals surface area contributed by atoms with Crippen LogP contribution in [0, 0.1) is 0 Å². The van der Waals surface area contributed by atoms with Crippen molar-refractivity contribution in [3.05, 3.63) is 65.3 Å². The summed E-state index contributed by atoms with van der Waals surface area (Å²) in [6, 6.07) is 14.9. The molecule has 0 amide bonds.